The number of rotatable bonds is 6. The first-order chi connectivity index (χ1) is 7.66. The van der Waals surface area contributed by atoms with Crippen LogP contribution in [0, 0.1) is 0 Å². The van der Waals surface area contributed by atoms with Gasteiger partial charge in [-0.15, -0.1) is 24.8 Å². The third-order valence-electron chi connectivity index (χ3n) is 2.38. The van der Waals surface area contributed by atoms with Gasteiger partial charge >= 0.3 is 5.97 Å². The molecule has 5 nitrogen and oxygen atoms in total. The van der Waals surface area contributed by atoms with Gasteiger partial charge in [-0.05, 0) is 32.8 Å². The molecule has 0 amide bonds. The summed E-state index contributed by atoms with van der Waals surface area (Å²) in [5.41, 5.74) is 9.85. The Hall–Kier alpha value is -0.920. The highest BCUT2D eigenvalue weighted by Gasteiger charge is 2.27. The lowest BCUT2D eigenvalue weighted by Gasteiger charge is -2.18. The second-order valence-electron chi connectivity index (χ2n) is 4.37. The van der Waals surface area contributed by atoms with E-state index in [4.69, 9.17) is 16.6 Å². The molecule has 5 N–H and O–H groups in total. The molecule has 0 unspecified atom stereocenters. The minimum atomic E-state index is -1.41. The lowest BCUT2D eigenvalue weighted by Crippen LogP contribution is -2.44. The van der Waals surface area contributed by atoms with Crippen molar-refractivity contribution < 1.29 is 19.0 Å². The van der Waals surface area contributed by atoms with Crippen LogP contribution >= 0.6 is 24.8 Å². The third-order valence-corrected chi connectivity index (χ3v) is 2.38. The van der Waals surface area contributed by atoms with Crippen LogP contribution in [-0.2, 0) is 4.79 Å². The van der Waals surface area contributed by atoms with E-state index in [1.165, 1.54) is 6.92 Å². The smallest absolute Gasteiger partial charge is 0.323 e. The number of carbonyl (C=O) groups is 1. The molecule has 0 rings (SSSR count). The van der Waals surface area contributed by atoms with Gasteiger partial charge in [-0.3, -0.25) is 14.5 Å². The number of halogens is 4. The number of hydrogen-bond donors (Lipinski definition) is 3. The van der Waals surface area contributed by atoms with E-state index in [-0.39, 0.29) is 54.7 Å². The van der Waals surface area contributed by atoms with Gasteiger partial charge in [0, 0.05) is 6.42 Å². The fraction of sp³-hybridized carbons (Fsp3) is 0.636. The van der Waals surface area contributed by atoms with Crippen molar-refractivity contribution >= 4 is 36.6 Å². The summed E-state index contributed by atoms with van der Waals surface area (Å²) < 4.78 is 13.6. The molecule has 0 saturated carbocycles. The summed E-state index contributed by atoms with van der Waals surface area (Å²) in [5.74, 6) is -1.14. The van der Waals surface area contributed by atoms with Crippen molar-refractivity contribution in [3.05, 3.63) is 11.4 Å². The van der Waals surface area contributed by atoms with E-state index >= 15 is 0 Å². The zero-order valence-corrected chi connectivity index (χ0v) is 13.3. The number of hydrogen-bond acceptors (Lipinski definition) is 3. The standard InChI is InChI=1S/C11H20FN3O2.2ClH.FH/c1-7(6-15-8(2)13)9(12)4-5-11(3,14)10(16)17;;;/h4-6,14H2,1-3H3,(H2,13,15)(H,16,17);3*1H/b9-7+;;;/t11-;;;/m1.../s1. The van der Waals surface area contributed by atoms with Crippen LogP contribution in [0.25, 0.3) is 0 Å². The lowest BCUT2D eigenvalue weighted by atomic mass is 9.96. The van der Waals surface area contributed by atoms with Crippen LogP contribution in [0.5, 0.6) is 0 Å². The number of nitrogens with zero attached hydrogens (tertiary/aromatic N) is 1. The Kier molecular flexibility index (Phi) is 16.3. The molecule has 0 bridgehead atoms. The first-order valence-corrected chi connectivity index (χ1v) is 5.29. The van der Waals surface area contributed by atoms with Crippen molar-refractivity contribution in [3.63, 3.8) is 0 Å². The first-order valence-electron chi connectivity index (χ1n) is 5.29. The highest BCUT2D eigenvalue weighted by Crippen LogP contribution is 2.18. The van der Waals surface area contributed by atoms with Gasteiger partial charge in [0.25, 0.3) is 0 Å². The Morgan fingerprint density at radius 2 is 1.80 bits per heavy atom. The highest BCUT2D eigenvalue weighted by molar-refractivity contribution is 5.85. The summed E-state index contributed by atoms with van der Waals surface area (Å²) in [7, 11) is 0. The number of carboxylic acid groups (broad SMARTS) is 1. The first kappa shape index (κ1) is 27.4. The van der Waals surface area contributed by atoms with Crippen molar-refractivity contribution in [1.29, 1.82) is 0 Å². The molecule has 0 aromatic heterocycles. The molecular weight excluding hydrogens is 315 g/mol. The molecule has 20 heavy (non-hydrogen) atoms. The van der Waals surface area contributed by atoms with Gasteiger partial charge in [0.2, 0.25) is 0 Å². The van der Waals surface area contributed by atoms with E-state index < -0.39 is 11.5 Å². The van der Waals surface area contributed by atoms with Gasteiger partial charge in [0.1, 0.15) is 11.4 Å². The predicted molar refractivity (Wildman–Crippen MR) is 82.4 cm³/mol. The Morgan fingerprint density at radius 1 is 1.35 bits per heavy atom. The van der Waals surface area contributed by atoms with Gasteiger partial charge in [0.15, 0.2) is 0 Å². The summed E-state index contributed by atoms with van der Waals surface area (Å²) in [5, 5.41) is 8.77. The normalized spacial score (nSPS) is 14.8. The molecule has 122 valence electrons. The summed E-state index contributed by atoms with van der Waals surface area (Å²) >= 11 is 0. The van der Waals surface area contributed by atoms with Crippen molar-refractivity contribution in [2.45, 2.75) is 39.2 Å². The van der Waals surface area contributed by atoms with Gasteiger partial charge in [0.05, 0.1) is 12.4 Å². The minimum absolute atomic E-state index is 0. The van der Waals surface area contributed by atoms with Crippen LogP contribution in [0.15, 0.2) is 16.4 Å². The fourth-order valence-corrected chi connectivity index (χ4v) is 1.02. The molecule has 0 saturated heterocycles. The number of aliphatic carboxylic acids is 1. The largest absolute Gasteiger partial charge is 0.480 e. The Bertz CT molecular complexity index is 358. The second-order valence-corrected chi connectivity index (χ2v) is 4.37. The van der Waals surface area contributed by atoms with E-state index in [1.54, 1.807) is 13.8 Å². The monoisotopic (exact) mass is 337 g/mol. The van der Waals surface area contributed by atoms with Crippen molar-refractivity contribution in [2.24, 2.45) is 16.5 Å². The maximum Gasteiger partial charge on any atom is 0.323 e. The summed E-state index contributed by atoms with van der Waals surface area (Å²) in [6.45, 7) is 4.76. The Labute approximate surface area is 129 Å². The minimum Gasteiger partial charge on any atom is -0.480 e. The molecule has 0 fully saturated rings. The third kappa shape index (κ3) is 11.0. The lowest BCUT2D eigenvalue weighted by molar-refractivity contribution is -0.142. The zero-order chi connectivity index (χ0) is 13.6. The van der Waals surface area contributed by atoms with Crippen molar-refractivity contribution in [2.75, 3.05) is 6.54 Å². The van der Waals surface area contributed by atoms with Gasteiger partial charge in [-0.25, -0.2) is 4.39 Å². The van der Waals surface area contributed by atoms with Crippen LogP contribution < -0.4 is 11.5 Å². The van der Waals surface area contributed by atoms with Crippen LogP contribution in [0.1, 0.15) is 33.6 Å². The summed E-state index contributed by atoms with van der Waals surface area (Å²) in [6, 6.07) is 0. The van der Waals surface area contributed by atoms with Gasteiger partial charge in [-0.1, -0.05) is 0 Å². The average molecular weight is 338 g/mol. The summed E-state index contributed by atoms with van der Waals surface area (Å²) in [6.07, 6.45) is 0.0289. The van der Waals surface area contributed by atoms with Crippen LogP contribution in [0.4, 0.5) is 9.09 Å². The molecule has 0 aliphatic rings. The van der Waals surface area contributed by atoms with E-state index in [0.717, 1.165) is 0 Å². The number of nitrogens with two attached hydrogens (primary N) is 2. The number of aliphatic imine (C=N–C) groups is 1. The Balaban J connectivity index is -0.000000427. The number of allylic oxidation sites excluding steroid dienone is 1. The molecule has 0 aliphatic carbocycles. The SMILES string of the molecule is CC(N)=NC/C(C)=C(/F)CC[C@@](C)(N)C(=O)O.Cl.Cl.F. The maximum atomic E-state index is 13.6. The topological polar surface area (TPSA) is 102 Å². The summed E-state index contributed by atoms with van der Waals surface area (Å²) in [4.78, 5) is 14.6. The van der Waals surface area contributed by atoms with E-state index in [9.17, 15) is 9.18 Å². The van der Waals surface area contributed by atoms with Crippen molar-refractivity contribution in [1.82, 2.24) is 0 Å². The number of amidine groups is 1. The predicted octanol–water partition coefficient (Wildman–Crippen LogP) is 2.19. The van der Waals surface area contributed by atoms with E-state index in [2.05, 4.69) is 4.99 Å². The number of carboxylic acids is 1. The molecule has 0 aliphatic heterocycles. The Morgan fingerprint density at radius 3 is 2.15 bits per heavy atom. The van der Waals surface area contributed by atoms with Gasteiger partial charge < -0.3 is 16.6 Å². The van der Waals surface area contributed by atoms with Crippen LogP contribution in [0.2, 0.25) is 0 Å². The fourth-order valence-electron chi connectivity index (χ4n) is 1.02. The highest BCUT2D eigenvalue weighted by atomic mass is 35.5. The van der Waals surface area contributed by atoms with Gasteiger partial charge in [-0.2, -0.15) is 0 Å². The second kappa shape index (κ2) is 11.9. The molecule has 0 radical (unpaired) electrons. The maximum absolute atomic E-state index is 13.6. The quantitative estimate of drug-likeness (QED) is 0.510. The molecule has 0 aromatic carbocycles. The van der Waals surface area contributed by atoms with E-state index in [0.29, 0.717) is 11.4 Å². The van der Waals surface area contributed by atoms with Crippen LogP contribution in [0.3, 0.4) is 0 Å². The molecular formula is C11H23Cl2F2N3O2. The van der Waals surface area contributed by atoms with E-state index in [1.807, 2.05) is 0 Å². The zero-order valence-electron chi connectivity index (χ0n) is 11.7. The molecule has 0 aromatic rings. The molecule has 0 heterocycles. The van der Waals surface area contributed by atoms with Crippen LogP contribution in [-0.4, -0.2) is 29.0 Å². The van der Waals surface area contributed by atoms with Crippen molar-refractivity contribution in [3.8, 4) is 0 Å². The molecule has 0 spiro atoms. The molecule has 9 heteroatoms. The molecule has 1 atom stereocenters. The average Bonchev–Trinajstić information content (AvgIpc) is 2.22.